The Morgan fingerprint density at radius 2 is 1.70 bits per heavy atom. The number of piperazine rings is 1. The van der Waals surface area contributed by atoms with Gasteiger partial charge in [0.25, 0.3) is 5.91 Å². The maximum Gasteiger partial charge on any atom is 0.250 e. The van der Waals surface area contributed by atoms with Crippen LogP contribution in [0.4, 0.5) is 11.8 Å². The van der Waals surface area contributed by atoms with Crippen molar-refractivity contribution in [1.29, 1.82) is 0 Å². The van der Waals surface area contributed by atoms with E-state index in [-0.39, 0.29) is 0 Å². The van der Waals surface area contributed by atoms with E-state index in [0.29, 0.717) is 16.6 Å². The number of fused-ring (bicyclic) bond motifs is 1. The Morgan fingerprint density at radius 3 is 2.33 bits per heavy atom. The van der Waals surface area contributed by atoms with E-state index < -0.39 is 11.8 Å². The molecular weight excluding hydrogens is 346 g/mol. The topological polar surface area (TPSA) is 134 Å². The number of hydrogen-bond acceptors (Lipinski definition) is 6. The summed E-state index contributed by atoms with van der Waals surface area (Å²) in [6.45, 7) is 2.99. The smallest absolute Gasteiger partial charge is 0.250 e. The van der Waals surface area contributed by atoms with Crippen molar-refractivity contribution in [3.05, 3.63) is 47.7 Å². The van der Waals surface area contributed by atoms with Crippen LogP contribution in [-0.4, -0.2) is 52.9 Å². The number of benzene rings is 1. The third kappa shape index (κ3) is 3.14. The van der Waals surface area contributed by atoms with Gasteiger partial charge in [0.05, 0.1) is 16.6 Å². The van der Waals surface area contributed by atoms with E-state index in [1.807, 2.05) is 6.07 Å². The third-order valence-corrected chi connectivity index (χ3v) is 4.70. The van der Waals surface area contributed by atoms with Crippen molar-refractivity contribution in [2.45, 2.75) is 0 Å². The molecule has 0 spiro atoms. The summed E-state index contributed by atoms with van der Waals surface area (Å²) in [5.41, 5.74) is 12.9. The van der Waals surface area contributed by atoms with E-state index in [1.165, 1.54) is 6.20 Å². The van der Waals surface area contributed by atoms with Crippen LogP contribution in [0.1, 0.15) is 20.7 Å². The van der Waals surface area contributed by atoms with Crippen LogP contribution in [0.15, 0.2) is 36.5 Å². The van der Waals surface area contributed by atoms with Crippen LogP contribution in [-0.2, 0) is 0 Å². The van der Waals surface area contributed by atoms with Crippen molar-refractivity contribution < 1.29 is 9.59 Å². The van der Waals surface area contributed by atoms with Gasteiger partial charge in [0.15, 0.2) is 0 Å². The quantitative estimate of drug-likeness (QED) is 0.616. The van der Waals surface area contributed by atoms with E-state index in [0.717, 1.165) is 43.5 Å². The number of rotatable bonds is 4. The van der Waals surface area contributed by atoms with E-state index in [4.69, 9.17) is 11.5 Å². The number of nitrogens with zero attached hydrogens (tertiary/aromatic N) is 4. The van der Waals surface area contributed by atoms with Gasteiger partial charge >= 0.3 is 0 Å². The fraction of sp³-hybridized carbons (Fsp3) is 0.222. The fourth-order valence-corrected chi connectivity index (χ4v) is 3.23. The molecule has 2 aromatic heterocycles. The molecular formula is C18H19N7O2. The Bertz CT molecular complexity index is 1000. The van der Waals surface area contributed by atoms with E-state index in [1.54, 1.807) is 24.3 Å². The number of anilines is 2. The first kappa shape index (κ1) is 16.8. The number of aromatic amines is 1. The summed E-state index contributed by atoms with van der Waals surface area (Å²) in [7, 11) is 0. The van der Waals surface area contributed by atoms with Gasteiger partial charge in [0, 0.05) is 32.4 Å². The minimum atomic E-state index is -0.492. The maximum absolute atomic E-state index is 11.6. The number of pyridine rings is 1. The second-order valence-electron chi connectivity index (χ2n) is 6.37. The zero-order valence-corrected chi connectivity index (χ0v) is 14.6. The molecule has 9 nitrogen and oxygen atoms in total. The highest BCUT2D eigenvalue weighted by molar-refractivity contribution is 6.04. The number of hydrogen-bond donors (Lipinski definition) is 3. The molecule has 0 radical (unpaired) electrons. The molecule has 2 amide bonds. The molecule has 1 aliphatic rings. The molecule has 3 aromatic rings. The first-order chi connectivity index (χ1) is 13.0. The summed E-state index contributed by atoms with van der Waals surface area (Å²) in [5, 5.41) is 0. The Labute approximate surface area is 155 Å². The zero-order chi connectivity index (χ0) is 19.0. The molecule has 9 heteroatoms. The number of nitrogens with one attached hydrogen (secondary N) is 1. The first-order valence-corrected chi connectivity index (χ1v) is 8.57. The van der Waals surface area contributed by atoms with Crippen LogP contribution < -0.4 is 21.3 Å². The van der Waals surface area contributed by atoms with E-state index in [9.17, 15) is 9.59 Å². The summed E-state index contributed by atoms with van der Waals surface area (Å²) in [6, 6.07) is 8.81. The fourth-order valence-electron chi connectivity index (χ4n) is 3.23. The van der Waals surface area contributed by atoms with Gasteiger partial charge in [-0.05, 0) is 24.3 Å². The number of primary amides is 2. The first-order valence-electron chi connectivity index (χ1n) is 8.57. The van der Waals surface area contributed by atoms with Gasteiger partial charge in [-0.15, -0.1) is 0 Å². The highest BCUT2D eigenvalue weighted by atomic mass is 16.1. The van der Waals surface area contributed by atoms with Crippen LogP contribution in [0.5, 0.6) is 0 Å². The lowest BCUT2D eigenvalue weighted by Crippen LogP contribution is -2.47. The minimum absolute atomic E-state index is 0.393. The van der Waals surface area contributed by atoms with Crippen molar-refractivity contribution in [2.24, 2.45) is 11.5 Å². The summed E-state index contributed by atoms with van der Waals surface area (Å²) in [4.78, 5) is 39.1. The number of carbonyl (C=O) groups excluding carboxylic acids is 2. The second-order valence-corrected chi connectivity index (χ2v) is 6.37. The molecule has 5 N–H and O–H groups in total. The summed E-state index contributed by atoms with van der Waals surface area (Å²) >= 11 is 0. The molecule has 4 rings (SSSR count). The Kier molecular flexibility index (Phi) is 4.11. The molecule has 1 saturated heterocycles. The number of aromatic nitrogens is 3. The average molecular weight is 365 g/mol. The van der Waals surface area contributed by atoms with Gasteiger partial charge in [-0.3, -0.25) is 9.59 Å². The van der Waals surface area contributed by atoms with Crippen LogP contribution in [0.3, 0.4) is 0 Å². The minimum Gasteiger partial charge on any atom is -0.366 e. The molecule has 0 bridgehead atoms. The number of para-hydroxylation sites is 1. The predicted molar refractivity (Wildman–Crippen MR) is 102 cm³/mol. The van der Waals surface area contributed by atoms with Gasteiger partial charge < -0.3 is 26.3 Å². The number of imidazole rings is 1. The van der Waals surface area contributed by atoms with Gasteiger partial charge in [-0.25, -0.2) is 9.97 Å². The van der Waals surface area contributed by atoms with Crippen LogP contribution in [0, 0.1) is 0 Å². The van der Waals surface area contributed by atoms with Crippen LogP contribution in [0.2, 0.25) is 0 Å². The largest absolute Gasteiger partial charge is 0.366 e. The number of H-pyrrole nitrogens is 1. The second kappa shape index (κ2) is 6.60. The van der Waals surface area contributed by atoms with E-state index >= 15 is 0 Å². The SMILES string of the molecule is NC(=O)c1ccc(N2CCN(c3nc4c(C(N)=O)cccc4[nH]3)CC2)nc1. The molecule has 138 valence electrons. The summed E-state index contributed by atoms with van der Waals surface area (Å²) in [6.07, 6.45) is 1.49. The molecule has 0 unspecified atom stereocenters. The molecule has 3 heterocycles. The van der Waals surface area contributed by atoms with Crippen molar-refractivity contribution in [3.63, 3.8) is 0 Å². The van der Waals surface area contributed by atoms with Gasteiger partial charge in [-0.2, -0.15) is 0 Å². The molecule has 27 heavy (non-hydrogen) atoms. The molecule has 0 aliphatic carbocycles. The highest BCUT2D eigenvalue weighted by Gasteiger charge is 2.21. The Hall–Kier alpha value is -3.62. The zero-order valence-electron chi connectivity index (χ0n) is 14.6. The Balaban J connectivity index is 1.49. The lowest BCUT2D eigenvalue weighted by molar-refractivity contribution is 0.0992. The van der Waals surface area contributed by atoms with Crippen LogP contribution >= 0.6 is 0 Å². The van der Waals surface area contributed by atoms with Gasteiger partial charge in [-0.1, -0.05) is 6.07 Å². The van der Waals surface area contributed by atoms with Crippen molar-refractivity contribution in [1.82, 2.24) is 15.0 Å². The third-order valence-electron chi connectivity index (χ3n) is 4.70. The molecule has 1 aliphatic heterocycles. The highest BCUT2D eigenvalue weighted by Crippen LogP contribution is 2.22. The van der Waals surface area contributed by atoms with Crippen LogP contribution in [0.25, 0.3) is 11.0 Å². The Morgan fingerprint density at radius 1 is 0.963 bits per heavy atom. The van der Waals surface area contributed by atoms with Gasteiger partial charge in [0.2, 0.25) is 11.9 Å². The van der Waals surface area contributed by atoms with Crippen molar-refractivity contribution in [3.8, 4) is 0 Å². The monoisotopic (exact) mass is 365 g/mol. The lowest BCUT2D eigenvalue weighted by Gasteiger charge is -2.35. The number of carbonyl (C=O) groups is 2. The molecule has 1 fully saturated rings. The lowest BCUT2D eigenvalue weighted by atomic mass is 10.2. The molecule has 0 saturated carbocycles. The average Bonchev–Trinajstić information content (AvgIpc) is 3.12. The maximum atomic E-state index is 11.6. The normalized spacial score (nSPS) is 14.5. The summed E-state index contributed by atoms with van der Waals surface area (Å²) in [5.74, 6) is 0.545. The van der Waals surface area contributed by atoms with Gasteiger partial charge in [0.1, 0.15) is 11.3 Å². The number of nitrogens with two attached hydrogens (primary N) is 2. The van der Waals surface area contributed by atoms with E-state index in [2.05, 4.69) is 24.8 Å². The summed E-state index contributed by atoms with van der Waals surface area (Å²) < 4.78 is 0. The number of amides is 2. The van der Waals surface area contributed by atoms with Crippen molar-refractivity contribution in [2.75, 3.05) is 36.0 Å². The molecule has 1 aromatic carbocycles. The molecule has 0 atom stereocenters. The van der Waals surface area contributed by atoms with Crippen molar-refractivity contribution >= 4 is 34.6 Å². The predicted octanol–water partition coefficient (Wildman–Crippen LogP) is 0.482. The standard InChI is InChI=1S/C18H19N7O2/c19-16(26)11-4-5-14(21-10-11)24-6-8-25(9-7-24)18-22-13-3-1-2-12(17(20)27)15(13)23-18/h1-5,10H,6-9H2,(H2,19,26)(H2,20,27)(H,22,23).